The highest BCUT2D eigenvalue weighted by atomic mass is 15.2. The van der Waals surface area contributed by atoms with Gasteiger partial charge in [0.2, 0.25) is 0 Å². The minimum atomic E-state index is -0.291. The van der Waals surface area contributed by atoms with E-state index in [1.165, 1.54) is 61.6 Å². The number of rotatable bonds is 1. The van der Waals surface area contributed by atoms with Crippen LogP contribution in [0.1, 0.15) is 61.1 Å². The molecule has 4 N–H and O–H groups in total. The molecule has 6 aromatic carbocycles. The molecule has 1 aliphatic heterocycles. The molecule has 8 rings (SSSR count). The van der Waals surface area contributed by atoms with Crippen molar-refractivity contribution in [3.05, 3.63) is 161 Å². The Kier molecular flexibility index (Phi) is 6.59. The number of aryl methyl sites for hydroxylation is 1. The molecule has 232 valence electrons. The van der Waals surface area contributed by atoms with Gasteiger partial charge in [0.15, 0.2) is 0 Å². The summed E-state index contributed by atoms with van der Waals surface area (Å²) in [6, 6.07) is 46.5. The summed E-state index contributed by atoms with van der Waals surface area (Å²) >= 11 is 0. The lowest BCUT2D eigenvalue weighted by molar-refractivity contribution is 0.632. The van der Waals surface area contributed by atoms with E-state index in [1.54, 1.807) is 0 Å². The third-order valence-electron chi connectivity index (χ3n) is 10.7. The molecule has 0 aromatic heterocycles. The maximum atomic E-state index is 6.81. The second kappa shape index (κ2) is 10.6. The van der Waals surface area contributed by atoms with E-state index in [-0.39, 0.29) is 10.8 Å². The summed E-state index contributed by atoms with van der Waals surface area (Å²) in [6.45, 7) is 9.36. The van der Waals surface area contributed by atoms with E-state index in [0.717, 1.165) is 29.7 Å². The SMILES string of the molecule is CC1(C)c2ccccc2-c2ccc(N3c4ccccc4C(C)(C)c4ccccc43)cc2CCc2c(N)cc(N)cc2-c2ccccc21. The molecule has 47 heavy (non-hydrogen) atoms. The van der Waals surface area contributed by atoms with E-state index in [1.807, 2.05) is 6.07 Å². The molecule has 0 saturated carbocycles. The van der Waals surface area contributed by atoms with Crippen LogP contribution in [0.25, 0.3) is 22.3 Å². The molecule has 0 bridgehead atoms. The van der Waals surface area contributed by atoms with Gasteiger partial charge in [-0.2, -0.15) is 0 Å². The summed E-state index contributed by atoms with van der Waals surface area (Å²) in [5.41, 5.74) is 30.5. The smallest absolute Gasteiger partial charge is 0.0502 e. The number of hydrogen-bond acceptors (Lipinski definition) is 3. The van der Waals surface area contributed by atoms with Gasteiger partial charge >= 0.3 is 0 Å². The van der Waals surface area contributed by atoms with Gasteiger partial charge in [-0.05, 0) is 105 Å². The minimum Gasteiger partial charge on any atom is -0.399 e. The van der Waals surface area contributed by atoms with Crippen molar-refractivity contribution in [1.82, 2.24) is 0 Å². The van der Waals surface area contributed by atoms with Crippen LogP contribution in [0.4, 0.5) is 28.4 Å². The van der Waals surface area contributed by atoms with Gasteiger partial charge < -0.3 is 16.4 Å². The molecule has 1 aliphatic carbocycles. The highest BCUT2D eigenvalue weighted by molar-refractivity contribution is 5.88. The Bertz CT molecular complexity index is 2140. The normalized spacial score (nSPS) is 15.5. The molecule has 3 heteroatoms. The Labute approximate surface area is 278 Å². The molecule has 0 fully saturated rings. The van der Waals surface area contributed by atoms with E-state index in [2.05, 4.69) is 154 Å². The zero-order chi connectivity index (χ0) is 32.5. The summed E-state index contributed by atoms with van der Waals surface area (Å²) < 4.78 is 0. The number of hydrogen-bond donors (Lipinski definition) is 2. The van der Waals surface area contributed by atoms with E-state index >= 15 is 0 Å². The zero-order valence-corrected chi connectivity index (χ0v) is 27.6. The van der Waals surface area contributed by atoms with Gasteiger partial charge in [-0.3, -0.25) is 0 Å². The molecule has 0 spiro atoms. The number of nitrogens with two attached hydrogens (primary N) is 2. The highest BCUT2D eigenvalue weighted by Crippen LogP contribution is 2.52. The quantitative estimate of drug-likeness (QED) is 0.182. The minimum absolute atomic E-state index is 0.107. The molecule has 0 amide bonds. The molecule has 1 heterocycles. The van der Waals surface area contributed by atoms with Gasteiger partial charge in [-0.15, -0.1) is 0 Å². The van der Waals surface area contributed by atoms with Crippen molar-refractivity contribution < 1.29 is 0 Å². The van der Waals surface area contributed by atoms with Gasteiger partial charge in [0.1, 0.15) is 0 Å². The molecule has 3 nitrogen and oxygen atoms in total. The fourth-order valence-corrected chi connectivity index (χ4v) is 8.30. The monoisotopic (exact) mass is 611 g/mol. The van der Waals surface area contributed by atoms with Crippen LogP contribution in [0.5, 0.6) is 0 Å². The summed E-state index contributed by atoms with van der Waals surface area (Å²) in [5, 5.41) is 0. The fraction of sp³-hybridized carbons (Fsp3) is 0.182. The highest BCUT2D eigenvalue weighted by Gasteiger charge is 2.37. The van der Waals surface area contributed by atoms with Gasteiger partial charge in [-0.1, -0.05) is 119 Å². The molecular weight excluding hydrogens is 571 g/mol. The molecule has 2 aliphatic rings. The van der Waals surface area contributed by atoms with Crippen molar-refractivity contribution >= 4 is 28.4 Å². The van der Waals surface area contributed by atoms with Crippen molar-refractivity contribution in [3.63, 3.8) is 0 Å². The van der Waals surface area contributed by atoms with Crippen molar-refractivity contribution in [3.8, 4) is 22.3 Å². The van der Waals surface area contributed by atoms with Crippen LogP contribution in [0.15, 0.2) is 127 Å². The van der Waals surface area contributed by atoms with Crippen LogP contribution in [-0.2, 0) is 23.7 Å². The van der Waals surface area contributed by atoms with Crippen molar-refractivity contribution in [2.45, 2.75) is 51.4 Å². The van der Waals surface area contributed by atoms with E-state index in [9.17, 15) is 0 Å². The topological polar surface area (TPSA) is 55.3 Å². The lowest BCUT2D eigenvalue weighted by Crippen LogP contribution is -2.30. The molecule has 6 aromatic rings. The molecule has 0 unspecified atom stereocenters. The summed E-state index contributed by atoms with van der Waals surface area (Å²) in [7, 11) is 0. The summed E-state index contributed by atoms with van der Waals surface area (Å²) in [5.74, 6) is 0. The van der Waals surface area contributed by atoms with Gasteiger partial charge in [0.25, 0.3) is 0 Å². The number of nitrogens with zero attached hydrogens (tertiary/aromatic N) is 1. The summed E-state index contributed by atoms with van der Waals surface area (Å²) in [6.07, 6.45) is 1.64. The Morgan fingerprint density at radius 3 is 1.62 bits per heavy atom. The number of para-hydroxylation sites is 2. The lowest BCUT2D eigenvalue weighted by Gasteiger charge is -2.42. The van der Waals surface area contributed by atoms with Crippen LogP contribution < -0.4 is 16.4 Å². The van der Waals surface area contributed by atoms with Crippen LogP contribution in [0.3, 0.4) is 0 Å². The molecule has 0 atom stereocenters. The average Bonchev–Trinajstić information content (AvgIpc) is 3.09. The largest absolute Gasteiger partial charge is 0.399 e. The third-order valence-corrected chi connectivity index (χ3v) is 10.7. The predicted octanol–water partition coefficient (Wildman–Crippen LogP) is 10.7. The van der Waals surface area contributed by atoms with Crippen molar-refractivity contribution in [1.29, 1.82) is 0 Å². The number of benzene rings is 6. The fourth-order valence-electron chi connectivity index (χ4n) is 8.30. The Morgan fingerprint density at radius 2 is 1.00 bits per heavy atom. The average molecular weight is 612 g/mol. The number of fused-ring (bicyclic) bond motifs is 8. The number of anilines is 5. The molecular formula is C44H41N3. The maximum absolute atomic E-state index is 6.81. The lowest BCUT2D eigenvalue weighted by atomic mass is 9.72. The second-order valence-electron chi connectivity index (χ2n) is 14.2. The molecule has 0 saturated heterocycles. The van der Waals surface area contributed by atoms with E-state index < -0.39 is 0 Å². The number of nitrogen functional groups attached to an aromatic ring is 2. The third kappa shape index (κ3) is 4.48. The predicted molar refractivity (Wildman–Crippen MR) is 199 cm³/mol. The van der Waals surface area contributed by atoms with Crippen molar-refractivity contribution in [2.75, 3.05) is 16.4 Å². The first-order chi connectivity index (χ1) is 22.7. The van der Waals surface area contributed by atoms with Crippen LogP contribution >= 0.6 is 0 Å². The van der Waals surface area contributed by atoms with E-state index in [4.69, 9.17) is 11.5 Å². The Balaban J connectivity index is 1.39. The van der Waals surface area contributed by atoms with Crippen molar-refractivity contribution in [2.24, 2.45) is 0 Å². The standard InChI is InChI=1S/C44H41N3/c1-43(2)36-15-7-5-13-32(36)31-24-22-30(47-41-19-11-9-17-38(41)44(3,4)39-18-10-12-20-42(39)47)25-28(31)21-23-34-35(26-29(45)27-40(34)46)33-14-6-8-16-37(33)43/h5-20,22,24-27H,21,23,45-46H2,1-4H3. The molecule has 0 radical (unpaired) electrons. The van der Waals surface area contributed by atoms with Crippen LogP contribution in [-0.4, -0.2) is 0 Å². The van der Waals surface area contributed by atoms with Gasteiger partial charge in [-0.25, -0.2) is 0 Å². The summed E-state index contributed by atoms with van der Waals surface area (Å²) in [4.78, 5) is 2.45. The maximum Gasteiger partial charge on any atom is 0.0502 e. The van der Waals surface area contributed by atoms with Gasteiger partial charge in [0, 0.05) is 27.9 Å². The van der Waals surface area contributed by atoms with Crippen LogP contribution in [0, 0.1) is 0 Å². The first-order valence-corrected chi connectivity index (χ1v) is 16.7. The van der Waals surface area contributed by atoms with Gasteiger partial charge in [0.05, 0.1) is 11.4 Å². The van der Waals surface area contributed by atoms with Crippen LogP contribution in [0.2, 0.25) is 0 Å². The second-order valence-corrected chi connectivity index (χ2v) is 14.2. The zero-order valence-electron chi connectivity index (χ0n) is 27.6. The first-order valence-electron chi connectivity index (χ1n) is 16.7. The first kappa shape index (κ1) is 29.1. The van der Waals surface area contributed by atoms with E-state index in [0.29, 0.717) is 5.69 Å². The Morgan fingerprint density at radius 1 is 0.489 bits per heavy atom. The Hall–Kier alpha value is -5.28.